The molecule has 2 aromatic rings. The maximum Gasteiger partial charge on any atom is 0.161 e. The van der Waals surface area contributed by atoms with E-state index in [-0.39, 0.29) is 12.0 Å². The quantitative estimate of drug-likeness (QED) is 0.919. The molecule has 1 aromatic heterocycles. The van der Waals surface area contributed by atoms with E-state index in [2.05, 4.69) is 35.0 Å². The first-order valence-electron chi connectivity index (χ1n) is 9.27. The van der Waals surface area contributed by atoms with Gasteiger partial charge >= 0.3 is 0 Å². The van der Waals surface area contributed by atoms with Crippen molar-refractivity contribution in [1.82, 2.24) is 9.88 Å². The van der Waals surface area contributed by atoms with Gasteiger partial charge in [0.2, 0.25) is 0 Å². The molecule has 1 aromatic carbocycles. The number of pyridine rings is 1. The first kappa shape index (κ1) is 17.3. The zero-order valence-electron chi connectivity index (χ0n) is 15.7. The summed E-state index contributed by atoms with van der Waals surface area (Å²) in [4.78, 5) is 7.16. The molecule has 138 valence electrons. The van der Waals surface area contributed by atoms with Crippen LogP contribution in [0.1, 0.15) is 40.8 Å². The van der Waals surface area contributed by atoms with E-state index < -0.39 is 0 Å². The van der Waals surface area contributed by atoms with Crippen LogP contribution in [0.15, 0.2) is 30.5 Å². The van der Waals surface area contributed by atoms with E-state index in [1.807, 2.05) is 12.3 Å². The van der Waals surface area contributed by atoms with Crippen LogP contribution < -0.4 is 15.2 Å². The number of ether oxygens (including phenoxy) is 2. The van der Waals surface area contributed by atoms with Crippen LogP contribution in [-0.4, -0.2) is 43.2 Å². The Morgan fingerprint density at radius 2 is 1.92 bits per heavy atom. The van der Waals surface area contributed by atoms with Crippen molar-refractivity contribution in [3.8, 4) is 11.5 Å². The highest BCUT2D eigenvalue weighted by Crippen LogP contribution is 2.43. The average molecular weight is 353 g/mol. The number of nitrogens with two attached hydrogens (primary N) is 1. The molecular formula is C21H27N3O2. The van der Waals surface area contributed by atoms with Crippen LogP contribution in [0.2, 0.25) is 0 Å². The van der Waals surface area contributed by atoms with Gasteiger partial charge in [-0.05, 0) is 60.7 Å². The molecular weight excluding hydrogens is 326 g/mol. The van der Waals surface area contributed by atoms with Gasteiger partial charge in [0, 0.05) is 43.0 Å². The molecule has 26 heavy (non-hydrogen) atoms. The van der Waals surface area contributed by atoms with E-state index in [1.165, 1.54) is 16.7 Å². The van der Waals surface area contributed by atoms with Crippen molar-refractivity contribution in [1.29, 1.82) is 0 Å². The fraction of sp³-hybridized carbons (Fsp3) is 0.476. The van der Waals surface area contributed by atoms with Crippen molar-refractivity contribution in [2.75, 3.05) is 27.3 Å². The van der Waals surface area contributed by atoms with E-state index in [4.69, 9.17) is 15.2 Å². The Morgan fingerprint density at radius 3 is 2.65 bits per heavy atom. The largest absolute Gasteiger partial charge is 0.493 e. The standard InChI is InChI=1S/C21H27N3O2/c1-13-4-6-23-18(8-13)16-12-24-7-5-14-9-20(25-2)21(26-3)10-15(14)19(24)11-17(16)22/h4,6,8-10,16-17,19H,5,7,11-12,22H2,1-3H3/t16-,17?,19-/m0/s1. The highest BCUT2D eigenvalue weighted by Gasteiger charge is 2.39. The number of aryl methyl sites for hydroxylation is 1. The van der Waals surface area contributed by atoms with Crippen LogP contribution in [0.25, 0.3) is 0 Å². The SMILES string of the molecule is COc1cc2c(cc1OC)[C@@H]1CC(N)[C@@H](c3cc(C)ccn3)CN1CC2. The van der Waals surface area contributed by atoms with Gasteiger partial charge in [-0.2, -0.15) is 0 Å². The molecule has 4 rings (SSSR count). The van der Waals surface area contributed by atoms with Crippen molar-refractivity contribution in [3.63, 3.8) is 0 Å². The predicted octanol–water partition coefficient (Wildman–Crippen LogP) is 2.82. The molecule has 1 unspecified atom stereocenters. The van der Waals surface area contributed by atoms with Gasteiger partial charge in [-0.15, -0.1) is 0 Å². The number of benzene rings is 1. The lowest BCUT2D eigenvalue weighted by Crippen LogP contribution is -2.50. The maximum absolute atomic E-state index is 6.63. The molecule has 5 nitrogen and oxygen atoms in total. The highest BCUT2D eigenvalue weighted by molar-refractivity contribution is 5.49. The molecule has 2 aliphatic rings. The first-order valence-corrected chi connectivity index (χ1v) is 9.27. The maximum atomic E-state index is 6.63. The summed E-state index contributed by atoms with van der Waals surface area (Å²) in [6.45, 7) is 4.11. The molecule has 0 spiro atoms. The van der Waals surface area contributed by atoms with E-state index >= 15 is 0 Å². The predicted molar refractivity (Wildman–Crippen MR) is 102 cm³/mol. The van der Waals surface area contributed by atoms with Gasteiger partial charge in [-0.25, -0.2) is 0 Å². The van der Waals surface area contributed by atoms with Crippen LogP contribution in [0.5, 0.6) is 11.5 Å². The van der Waals surface area contributed by atoms with Gasteiger partial charge in [0.1, 0.15) is 0 Å². The Labute approximate surface area is 155 Å². The number of rotatable bonds is 3. The summed E-state index contributed by atoms with van der Waals surface area (Å²) in [6, 6.07) is 8.93. The van der Waals surface area contributed by atoms with Crippen LogP contribution in [0.4, 0.5) is 0 Å². The number of hydrogen-bond donors (Lipinski definition) is 1. The molecule has 1 fully saturated rings. The second-order valence-electron chi connectivity index (χ2n) is 7.43. The number of piperidine rings is 1. The van der Waals surface area contributed by atoms with Gasteiger partial charge in [-0.3, -0.25) is 9.88 Å². The summed E-state index contributed by atoms with van der Waals surface area (Å²) in [5.41, 5.74) is 11.7. The molecule has 5 heteroatoms. The molecule has 0 amide bonds. The van der Waals surface area contributed by atoms with E-state index in [1.54, 1.807) is 14.2 Å². The van der Waals surface area contributed by atoms with Gasteiger partial charge in [0.25, 0.3) is 0 Å². The summed E-state index contributed by atoms with van der Waals surface area (Å²) in [6.07, 6.45) is 3.85. The van der Waals surface area contributed by atoms with Crippen molar-refractivity contribution in [2.24, 2.45) is 5.73 Å². The molecule has 0 saturated carbocycles. The highest BCUT2D eigenvalue weighted by atomic mass is 16.5. The second-order valence-corrected chi connectivity index (χ2v) is 7.43. The molecule has 0 radical (unpaired) electrons. The van der Waals surface area contributed by atoms with Gasteiger partial charge in [-0.1, -0.05) is 0 Å². The summed E-state index contributed by atoms with van der Waals surface area (Å²) < 4.78 is 11.0. The van der Waals surface area contributed by atoms with E-state index in [0.717, 1.165) is 43.1 Å². The minimum atomic E-state index is 0.101. The molecule has 0 bridgehead atoms. The Kier molecular flexibility index (Phi) is 4.59. The lowest BCUT2D eigenvalue weighted by Gasteiger charge is -2.46. The van der Waals surface area contributed by atoms with Crippen molar-refractivity contribution in [2.45, 2.75) is 37.8 Å². The van der Waals surface area contributed by atoms with Crippen LogP contribution in [-0.2, 0) is 6.42 Å². The van der Waals surface area contributed by atoms with Gasteiger partial charge in [0.05, 0.1) is 14.2 Å². The molecule has 3 heterocycles. The monoisotopic (exact) mass is 353 g/mol. The van der Waals surface area contributed by atoms with Crippen LogP contribution in [0, 0.1) is 6.92 Å². The van der Waals surface area contributed by atoms with E-state index in [0.29, 0.717) is 6.04 Å². The Bertz CT molecular complexity index is 808. The second kappa shape index (κ2) is 6.89. The van der Waals surface area contributed by atoms with E-state index in [9.17, 15) is 0 Å². The minimum Gasteiger partial charge on any atom is -0.493 e. The number of nitrogens with zero attached hydrogens (tertiary/aromatic N) is 2. The molecule has 1 saturated heterocycles. The third-order valence-corrected chi connectivity index (χ3v) is 5.87. The molecule has 0 aliphatic carbocycles. The Balaban J connectivity index is 1.64. The third kappa shape index (κ3) is 2.95. The number of fused-ring (bicyclic) bond motifs is 3. The minimum absolute atomic E-state index is 0.101. The zero-order valence-corrected chi connectivity index (χ0v) is 15.7. The molecule has 2 N–H and O–H groups in total. The van der Waals surface area contributed by atoms with Crippen molar-refractivity contribution >= 4 is 0 Å². The molecule has 2 aliphatic heterocycles. The fourth-order valence-corrected chi connectivity index (χ4v) is 4.46. The van der Waals surface area contributed by atoms with Gasteiger partial charge < -0.3 is 15.2 Å². The number of aromatic nitrogens is 1. The van der Waals surface area contributed by atoms with Crippen LogP contribution in [0.3, 0.4) is 0 Å². The van der Waals surface area contributed by atoms with Crippen LogP contribution >= 0.6 is 0 Å². The fourth-order valence-electron chi connectivity index (χ4n) is 4.46. The normalized spacial score (nSPS) is 25.3. The summed E-state index contributed by atoms with van der Waals surface area (Å²) in [5, 5.41) is 0. The van der Waals surface area contributed by atoms with Crippen molar-refractivity contribution in [3.05, 3.63) is 52.8 Å². The lowest BCUT2D eigenvalue weighted by molar-refractivity contribution is 0.108. The summed E-state index contributed by atoms with van der Waals surface area (Å²) in [5.74, 6) is 1.89. The molecule has 3 atom stereocenters. The third-order valence-electron chi connectivity index (χ3n) is 5.87. The topological polar surface area (TPSA) is 60.6 Å². The summed E-state index contributed by atoms with van der Waals surface area (Å²) >= 11 is 0. The number of methoxy groups -OCH3 is 2. The zero-order chi connectivity index (χ0) is 18.3. The van der Waals surface area contributed by atoms with Crippen molar-refractivity contribution < 1.29 is 9.47 Å². The smallest absolute Gasteiger partial charge is 0.161 e. The average Bonchev–Trinajstić information content (AvgIpc) is 2.66. The van der Waals surface area contributed by atoms with Gasteiger partial charge in [0.15, 0.2) is 11.5 Å². The number of hydrogen-bond acceptors (Lipinski definition) is 5. The first-order chi connectivity index (χ1) is 12.6. The summed E-state index contributed by atoms with van der Waals surface area (Å²) in [7, 11) is 3.38. The Hall–Kier alpha value is -2.11. The lowest BCUT2D eigenvalue weighted by atomic mass is 9.79. The Morgan fingerprint density at radius 1 is 1.15 bits per heavy atom.